The molecule has 14 heavy (non-hydrogen) atoms. The molecule has 1 aromatic rings. The molecule has 1 rings (SSSR count). The van der Waals surface area contributed by atoms with E-state index < -0.39 is 10.0 Å². The molecule has 0 bridgehead atoms. The van der Waals surface area contributed by atoms with Crippen molar-refractivity contribution in [3.8, 4) is 6.07 Å². The van der Waals surface area contributed by atoms with Crippen LogP contribution in [-0.4, -0.2) is 14.7 Å². The van der Waals surface area contributed by atoms with E-state index in [0.717, 1.165) is 16.7 Å². The minimum absolute atomic E-state index is 0.407. The first-order valence-corrected chi connectivity index (χ1v) is 6.54. The lowest BCUT2D eigenvalue weighted by Gasteiger charge is -1.99. The summed E-state index contributed by atoms with van der Waals surface area (Å²) in [7, 11) is -3.30. The van der Waals surface area contributed by atoms with Gasteiger partial charge in [0.15, 0.2) is 0 Å². The SMILES string of the molecule is Cc1sc(NS(C)(=O)=O)c(C#N)c1C. The highest BCUT2D eigenvalue weighted by atomic mass is 32.2. The summed E-state index contributed by atoms with van der Waals surface area (Å²) < 4.78 is 24.3. The van der Waals surface area contributed by atoms with Gasteiger partial charge in [-0.15, -0.1) is 11.3 Å². The Hall–Kier alpha value is -1.06. The summed E-state index contributed by atoms with van der Waals surface area (Å²) in [6, 6.07) is 1.99. The zero-order valence-electron chi connectivity index (χ0n) is 8.08. The summed E-state index contributed by atoms with van der Waals surface area (Å²) >= 11 is 1.28. The minimum atomic E-state index is -3.30. The normalized spacial score (nSPS) is 11.0. The zero-order valence-corrected chi connectivity index (χ0v) is 9.71. The van der Waals surface area contributed by atoms with E-state index in [9.17, 15) is 8.42 Å². The summed E-state index contributed by atoms with van der Waals surface area (Å²) in [6.07, 6.45) is 1.07. The summed E-state index contributed by atoms with van der Waals surface area (Å²) in [5.41, 5.74) is 1.25. The Morgan fingerprint density at radius 2 is 2.00 bits per heavy atom. The lowest BCUT2D eigenvalue weighted by molar-refractivity contribution is 0.607. The number of nitrogens with one attached hydrogen (secondary N) is 1. The van der Waals surface area contributed by atoms with Crippen LogP contribution in [0.2, 0.25) is 0 Å². The van der Waals surface area contributed by atoms with E-state index in [1.807, 2.05) is 13.0 Å². The van der Waals surface area contributed by atoms with Crippen molar-refractivity contribution < 1.29 is 8.42 Å². The Bertz CT molecular complexity index is 494. The first kappa shape index (κ1) is 11.0. The van der Waals surface area contributed by atoms with Crippen molar-refractivity contribution in [2.75, 3.05) is 11.0 Å². The Morgan fingerprint density at radius 3 is 2.43 bits per heavy atom. The van der Waals surface area contributed by atoms with Gasteiger partial charge in [0.2, 0.25) is 10.0 Å². The number of hydrogen-bond acceptors (Lipinski definition) is 4. The quantitative estimate of drug-likeness (QED) is 0.839. The van der Waals surface area contributed by atoms with E-state index >= 15 is 0 Å². The molecule has 0 radical (unpaired) electrons. The fourth-order valence-corrected chi connectivity index (χ4v) is 2.92. The first-order chi connectivity index (χ1) is 6.35. The molecule has 0 atom stereocenters. The summed E-state index contributed by atoms with van der Waals surface area (Å²) in [5, 5.41) is 9.24. The van der Waals surface area contributed by atoms with Gasteiger partial charge in [-0.25, -0.2) is 8.42 Å². The van der Waals surface area contributed by atoms with Crippen LogP contribution in [0.5, 0.6) is 0 Å². The van der Waals surface area contributed by atoms with Gasteiger partial charge in [-0.3, -0.25) is 4.72 Å². The van der Waals surface area contributed by atoms with Gasteiger partial charge in [-0.05, 0) is 19.4 Å². The van der Waals surface area contributed by atoms with Gasteiger partial charge >= 0.3 is 0 Å². The maximum atomic E-state index is 11.0. The van der Waals surface area contributed by atoms with Gasteiger partial charge in [0, 0.05) is 4.88 Å². The van der Waals surface area contributed by atoms with Crippen molar-refractivity contribution in [3.05, 3.63) is 16.0 Å². The Labute approximate surface area is 87.2 Å². The van der Waals surface area contributed by atoms with Crippen LogP contribution in [0.1, 0.15) is 16.0 Å². The fourth-order valence-electron chi connectivity index (χ4n) is 1.00. The number of nitrogens with zero attached hydrogens (tertiary/aromatic N) is 1. The molecular weight excluding hydrogens is 220 g/mol. The third-order valence-electron chi connectivity index (χ3n) is 1.78. The number of aryl methyl sites for hydroxylation is 1. The van der Waals surface area contributed by atoms with Crippen molar-refractivity contribution in [1.82, 2.24) is 0 Å². The number of anilines is 1. The first-order valence-electron chi connectivity index (χ1n) is 3.83. The van der Waals surface area contributed by atoms with Crippen molar-refractivity contribution in [2.45, 2.75) is 13.8 Å². The average Bonchev–Trinajstić information content (AvgIpc) is 2.24. The second kappa shape index (κ2) is 3.59. The molecule has 1 N–H and O–H groups in total. The molecule has 0 unspecified atom stereocenters. The van der Waals surface area contributed by atoms with E-state index in [1.165, 1.54) is 11.3 Å². The lowest BCUT2D eigenvalue weighted by atomic mass is 10.2. The lowest BCUT2D eigenvalue weighted by Crippen LogP contribution is -2.09. The standard InChI is InChI=1S/C8H10N2O2S2/c1-5-6(2)13-8(7(5)4-9)10-14(3,11)12/h10H,1-3H3. The molecular formula is C8H10N2O2S2. The molecule has 0 aliphatic rings. The molecule has 1 aromatic heterocycles. The number of nitriles is 1. The molecule has 0 aliphatic carbocycles. The monoisotopic (exact) mass is 230 g/mol. The Morgan fingerprint density at radius 1 is 1.43 bits per heavy atom. The van der Waals surface area contributed by atoms with Crippen LogP contribution < -0.4 is 4.72 Å². The highest BCUT2D eigenvalue weighted by Gasteiger charge is 2.14. The zero-order chi connectivity index (χ0) is 10.9. The highest BCUT2D eigenvalue weighted by Crippen LogP contribution is 2.31. The summed E-state index contributed by atoms with van der Waals surface area (Å²) in [4.78, 5) is 0.952. The van der Waals surface area contributed by atoms with Gasteiger partial charge in [0.1, 0.15) is 11.1 Å². The topological polar surface area (TPSA) is 70.0 Å². The second-order valence-corrected chi connectivity index (χ2v) is 5.95. The van der Waals surface area contributed by atoms with Crippen molar-refractivity contribution >= 4 is 26.4 Å². The van der Waals surface area contributed by atoms with Crippen molar-refractivity contribution in [2.24, 2.45) is 0 Å². The van der Waals surface area contributed by atoms with E-state index in [4.69, 9.17) is 5.26 Å². The van der Waals surface area contributed by atoms with Gasteiger partial charge < -0.3 is 0 Å². The van der Waals surface area contributed by atoms with E-state index in [1.54, 1.807) is 6.92 Å². The maximum absolute atomic E-state index is 11.0. The summed E-state index contributed by atoms with van der Waals surface area (Å²) in [5.74, 6) is 0. The predicted molar refractivity (Wildman–Crippen MR) is 57.0 cm³/mol. The average molecular weight is 230 g/mol. The van der Waals surface area contributed by atoms with Crippen LogP contribution in [0.15, 0.2) is 0 Å². The molecule has 0 aromatic carbocycles. The van der Waals surface area contributed by atoms with Crippen LogP contribution in [0.25, 0.3) is 0 Å². The van der Waals surface area contributed by atoms with E-state index in [2.05, 4.69) is 4.72 Å². The molecule has 76 valence electrons. The van der Waals surface area contributed by atoms with Crippen molar-refractivity contribution in [1.29, 1.82) is 5.26 Å². The number of hydrogen-bond donors (Lipinski definition) is 1. The molecule has 1 heterocycles. The highest BCUT2D eigenvalue weighted by molar-refractivity contribution is 7.92. The van der Waals surface area contributed by atoms with Gasteiger partial charge in [-0.2, -0.15) is 5.26 Å². The fraction of sp³-hybridized carbons (Fsp3) is 0.375. The molecule has 0 amide bonds. The molecule has 0 spiro atoms. The molecule has 0 saturated heterocycles. The van der Waals surface area contributed by atoms with Crippen LogP contribution >= 0.6 is 11.3 Å². The van der Waals surface area contributed by atoms with Crippen LogP contribution in [0.3, 0.4) is 0 Å². The molecule has 6 heteroatoms. The van der Waals surface area contributed by atoms with Gasteiger partial charge in [-0.1, -0.05) is 0 Å². The molecule has 0 saturated carbocycles. The van der Waals surface area contributed by atoms with Crippen LogP contribution in [0, 0.1) is 25.2 Å². The summed E-state index contributed by atoms with van der Waals surface area (Å²) in [6.45, 7) is 3.66. The van der Waals surface area contributed by atoms with E-state index in [0.29, 0.717) is 10.6 Å². The van der Waals surface area contributed by atoms with Gasteiger partial charge in [0.05, 0.1) is 11.8 Å². The minimum Gasteiger partial charge on any atom is -0.273 e. The van der Waals surface area contributed by atoms with Crippen LogP contribution in [-0.2, 0) is 10.0 Å². The number of sulfonamides is 1. The van der Waals surface area contributed by atoms with Crippen LogP contribution in [0.4, 0.5) is 5.00 Å². The predicted octanol–water partition coefficient (Wildman–Crippen LogP) is 1.61. The third kappa shape index (κ3) is 2.25. The molecule has 4 nitrogen and oxygen atoms in total. The number of rotatable bonds is 2. The third-order valence-corrected chi connectivity index (χ3v) is 3.60. The Kier molecular flexibility index (Phi) is 2.83. The van der Waals surface area contributed by atoms with E-state index in [-0.39, 0.29) is 0 Å². The van der Waals surface area contributed by atoms with Gasteiger partial charge in [0.25, 0.3) is 0 Å². The Balaban J connectivity index is 3.24. The molecule has 0 fully saturated rings. The maximum Gasteiger partial charge on any atom is 0.230 e. The second-order valence-electron chi connectivity index (χ2n) is 2.97. The molecule has 0 aliphatic heterocycles. The largest absolute Gasteiger partial charge is 0.273 e. The number of thiophene rings is 1. The smallest absolute Gasteiger partial charge is 0.230 e. The van der Waals surface area contributed by atoms with Crippen molar-refractivity contribution in [3.63, 3.8) is 0 Å².